The molecule has 0 bridgehead atoms. The van der Waals surface area contributed by atoms with Crippen LogP contribution in [0.3, 0.4) is 0 Å². The van der Waals surface area contributed by atoms with Crippen LogP contribution in [0.5, 0.6) is 5.75 Å². The number of hydrogen-bond acceptors (Lipinski definition) is 3. The van der Waals surface area contributed by atoms with Crippen LogP contribution in [0, 0.1) is 4.91 Å². The third-order valence-electron chi connectivity index (χ3n) is 2.05. The summed E-state index contributed by atoms with van der Waals surface area (Å²) in [5, 5.41) is 14.1. The molecule has 1 aliphatic carbocycles. The quantitative estimate of drug-likeness (QED) is 0.466. The van der Waals surface area contributed by atoms with Crippen molar-refractivity contribution in [2.75, 3.05) is 5.32 Å². The molecule has 0 radical (unpaired) electrons. The van der Waals surface area contributed by atoms with E-state index < -0.39 is 0 Å². The van der Waals surface area contributed by atoms with E-state index >= 15 is 0 Å². The van der Waals surface area contributed by atoms with Gasteiger partial charge >= 0.3 is 0 Å². The predicted octanol–water partition coefficient (Wildman–Crippen LogP) is 0.445. The Bertz CT molecular complexity index is 334. The fraction of sp³-hybridized carbons (Fsp3) is 0.333. The van der Waals surface area contributed by atoms with Crippen molar-refractivity contribution in [2.45, 2.75) is 18.9 Å². The molecular weight excluding hydrogens is 168 g/mol. The highest BCUT2D eigenvalue weighted by Gasteiger charge is 2.21. The number of nitroso groups, excluding NO2 is 1. The Kier molecular flexibility index (Phi) is 1.88. The van der Waals surface area contributed by atoms with Crippen molar-refractivity contribution in [3.63, 3.8) is 0 Å². The molecule has 0 amide bonds. The summed E-state index contributed by atoms with van der Waals surface area (Å²) in [5.41, 5.74) is 1.09. The molecular formula is C9H11N2O2+. The van der Waals surface area contributed by atoms with Gasteiger partial charge in [0.25, 0.3) is 5.69 Å². The minimum absolute atomic E-state index is 0.0173. The van der Waals surface area contributed by atoms with E-state index in [4.69, 9.17) is 0 Å². The lowest BCUT2D eigenvalue weighted by Gasteiger charge is -2.02. The van der Waals surface area contributed by atoms with Crippen LogP contribution in [-0.4, -0.2) is 11.1 Å². The van der Waals surface area contributed by atoms with E-state index in [0.29, 0.717) is 6.04 Å². The second-order valence-corrected chi connectivity index (χ2v) is 3.25. The van der Waals surface area contributed by atoms with Gasteiger partial charge in [-0.25, -0.2) is 0 Å². The molecule has 1 aliphatic rings. The summed E-state index contributed by atoms with van der Waals surface area (Å²) < 4.78 is 0. The van der Waals surface area contributed by atoms with Crippen molar-refractivity contribution >= 4 is 11.4 Å². The number of benzene rings is 1. The summed E-state index contributed by atoms with van der Waals surface area (Å²) in [7, 11) is 0. The average Bonchev–Trinajstić information content (AvgIpc) is 2.92. The van der Waals surface area contributed by atoms with Crippen LogP contribution < -0.4 is 10.5 Å². The van der Waals surface area contributed by atoms with Gasteiger partial charge in [-0.2, -0.15) is 0 Å². The zero-order valence-corrected chi connectivity index (χ0v) is 7.08. The number of hydrogen-bond donors (Lipinski definition) is 3. The Morgan fingerprint density at radius 2 is 2.23 bits per heavy atom. The second kappa shape index (κ2) is 3.05. The Labute approximate surface area is 75.6 Å². The molecule has 1 saturated carbocycles. The second-order valence-electron chi connectivity index (χ2n) is 3.25. The lowest BCUT2D eigenvalue weighted by Crippen LogP contribution is -2.55. The lowest BCUT2D eigenvalue weighted by atomic mass is 10.2. The van der Waals surface area contributed by atoms with Gasteiger partial charge in [0.15, 0.2) is 5.75 Å². The molecule has 13 heavy (non-hydrogen) atoms. The van der Waals surface area contributed by atoms with Gasteiger partial charge in [-0.3, -0.25) is 0 Å². The molecule has 4 heteroatoms. The Hall–Kier alpha value is -1.58. The smallest absolute Gasteiger partial charge is 0.296 e. The van der Waals surface area contributed by atoms with Crippen LogP contribution in [-0.2, 0) is 0 Å². The minimum Gasteiger partial charge on any atom is -0.502 e. The SMILES string of the molecule is O=[NH+]c1cc(NC2CC2)ccc1O. The number of anilines is 1. The van der Waals surface area contributed by atoms with Crippen molar-refractivity contribution in [1.82, 2.24) is 0 Å². The summed E-state index contributed by atoms with van der Waals surface area (Å²) in [6.45, 7) is 0. The zero-order valence-electron chi connectivity index (χ0n) is 7.08. The van der Waals surface area contributed by atoms with E-state index in [1.165, 1.54) is 18.9 Å². The molecule has 0 aromatic heterocycles. The van der Waals surface area contributed by atoms with E-state index in [1.54, 1.807) is 17.3 Å². The minimum atomic E-state index is -0.0173. The van der Waals surface area contributed by atoms with E-state index in [-0.39, 0.29) is 11.4 Å². The third kappa shape index (κ3) is 1.77. The highest BCUT2D eigenvalue weighted by molar-refractivity contribution is 5.57. The zero-order chi connectivity index (χ0) is 9.26. The van der Waals surface area contributed by atoms with Gasteiger partial charge in [0.1, 0.15) is 0 Å². The van der Waals surface area contributed by atoms with Crippen molar-refractivity contribution < 1.29 is 10.3 Å². The molecule has 0 aliphatic heterocycles. The van der Waals surface area contributed by atoms with Crippen molar-refractivity contribution in [1.29, 1.82) is 0 Å². The topological polar surface area (TPSA) is 63.3 Å². The fourth-order valence-electron chi connectivity index (χ4n) is 1.17. The van der Waals surface area contributed by atoms with Crippen LogP contribution in [0.1, 0.15) is 12.8 Å². The summed E-state index contributed by atoms with van der Waals surface area (Å²) in [5.74, 6) is -0.0173. The Balaban J connectivity index is 2.20. The highest BCUT2D eigenvalue weighted by atomic mass is 16.3. The monoisotopic (exact) mass is 179 g/mol. The van der Waals surface area contributed by atoms with Gasteiger partial charge in [0.05, 0.1) is 0 Å². The molecule has 1 aromatic rings. The van der Waals surface area contributed by atoms with Crippen LogP contribution in [0.25, 0.3) is 0 Å². The fourth-order valence-corrected chi connectivity index (χ4v) is 1.17. The van der Waals surface area contributed by atoms with Gasteiger partial charge < -0.3 is 10.4 Å². The van der Waals surface area contributed by atoms with Crippen LogP contribution in [0.4, 0.5) is 11.4 Å². The molecule has 0 saturated heterocycles. The molecule has 4 nitrogen and oxygen atoms in total. The number of rotatable bonds is 3. The summed E-state index contributed by atoms with van der Waals surface area (Å²) in [6.07, 6.45) is 2.36. The molecule has 0 unspecified atom stereocenters. The maximum Gasteiger partial charge on any atom is 0.296 e. The number of aromatic hydroxyl groups is 1. The Morgan fingerprint density at radius 3 is 2.85 bits per heavy atom. The van der Waals surface area contributed by atoms with Crippen molar-refractivity contribution in [2.24, 2.45) is 0 Å². The first-order valence-electron chi connectivity index (χ1n) is 4.27. The van der Waals surface area contributed by atoms with Crippen LogP contribution in [0.2, 0.25) is 0 Å². The first-order valence-corrected chi connectivity index (χ1v) is 4.27. The summed E-state index contributed by atoms with van der Waals surface area (Å²) in [4.78, 5) is 10.4. The lowest BCUT2D eigenvalue weighted by molar-refractivity contribution is -0.380. The largest absolute Gasteiger partial charge is 0.502 e. The molecule has 3 N–H and O–H groups in total. The van der Waals surface area contributed by atoms with E-state index in [9.17, 15) is 10.0 Å². The predicted molar refractivity (Wildman–Crippen MR) is 48.7 cm³/mol. The maximum atomic E-state index is 10.4. The number of nitrogens with one attached hydrogen (secondary N) is 2. The molecule has 0 atom stereocenters. The summed E-state index contributed by atoms with van der Waals surface area (Å²) >= 11 is 0. The molecule has 0 spiro atoms. The van der Waals surface area contributed by atoms with Gasteiger partial charge in [-0.1, -0.05) is 0 Å². The number of phenols is 1. The first-order chi connectivity index (χ1) is 6.29. The van der Waals surface area contributed by atoms with Gasteiger partial charge in [-0.15, -0.1) is 0 Å². The first kappa shape index (κ1) is 8.04. The molecule has 1 aromatic carbocycles. The molecule has 68 valence electrons. The van der Waals surface area contributed by atoms with Gasteiger partial charge in [0.2, 0.25) is 0 Å². The van der Waals surface area contributed by atoms with E-state index in [1.807, 2.05) is 0 Å². The normalized spacial score (nSPS) is 15.4. The standard InChI is InChI=1S/C9H10N2O2/c12-9-4-3-7(5-8(9)11-13)10-6-1-2-6/h3-6,10,12H,1-2H2/p+1. The number of phenolic OH excluding ortho intramolecular Hbond substituents is 1. The molecule has 2 rings (SSSR count). The summed E-state index contributed by atoms with van der Waals surface area (Å²) in [6, 6.07) is 5.42. The van der Waals surface area contributed by atoms with Crippen molar-refractivity contribution in [3.8, 4) is 5.75 Å². The van der Waals surface area contributed by atoms with Crippen LogP contribution in [0.15, 0.2) is 18.2 Å². The molecule has 1 fully saturated rings. The molecule has 0 heterocycles. The maximum absolute atomic E-state index is 10.4. The highest BCUT2D eigenvalue weighted by Crippen LogP contribution is 2.28. The van der Waals surface area contributed by atoms with Gasteiger partial charge in [-0.05, 0) is 25.0 Å². The van der Waals surface area contributed by atoms with Gasteiger partial charge in [0, 0.05) is 27.9 Å². The average molecular weight is 179 g/mol. The van der Waals surface area contributed by atoms with Crippen molar-refractivity contribution in [3.05, 3.63) is 23.1 Å². The van der Waals surface area contributed by atoms with E-state index in [0.717, 1.165) is 5.69 Å². The van der Waals surface area contributed by atoms with Crippen LogP contribution >= 0.6 is 0 Å². The third-order valence-corrected chi connectivity index (χ3v) is 2.05. The Morgan fingerprint density at radius 1 is 1.46 bits per heavy atom. The van der Waals surface area contributed by atoms with E-state index in [2.05, 4.69) is 5.32 Å².